The first-order valence-corrected chi connectivity index (χ1v) is 9.88. The van der Waals surface area contributed by atoms with Gasteiger partial charge in [-0.1, -0.05) is 12.1 Å². The Kier molecular flexibility index (Phi) is 6.05. The van der Waals surface area contributed by atoms with Gasteiger partial charge in [-0.25, -0.2) is 22.3 Å². The number of hydrogen-bond donors (Lipinski definition) is 2. The van der Waals surface area contributed by atoms with Crippen LogP contribution < -0.4 is 10.0 Å². The highest BCUT2D eigenvalue weighted by Crippen LogP contribution is 2.19. The summed E-state index contributed by atoms with van der Waals surface area (Å²) in [5, 5.41) is 2.92. The van der Waals surface area contributed by atoms with E-state index in [9.17, 15) is 17.6 Å². The molecular formula is C17H26FN3O3S. The summed E-state index contributed by atoms with van der Waals surface area (Å²) in [6, 6.07) is 5.21. The summed E-state index contributed by atoms with van der Waals surface area (Å²) in [5.41, 5.74) is -0.288. The number of benzene rings is 1. The Morgan fingerprint density at radius 2 is 1.84 bits per heavy atom. The van der Waals surface area contributed by atoms with Gasteiger partial charge in [-0.15, -0.1) is 0 Å². The number of hydrogen-bond acceptors (Lipinski definition) is 3. The first-order chi connectivity index (χ1) is 11.6. The van der Waals surface area contributed by atoms with Gasteiger partial charge in [0.25, 0.3) is 0 Å². The van der Waals surface area contributed by atoms with Gasteiger partial charge < -0.3 is 10.2 Å². The molecule has 25 heavy (non-hydrogen) atoms. The van der Waals surface area contributed by atoms with Crippen LogP contribution in [0.15, 0.2) is 29.2 Å². The molecule has 0 aromatic heterocycles. The van der Waals surface area contributed by atoms with Crippen molar-refractivity contribution in [2.75, 3.05) is 19.6 Å². The number of nitrogens with zero attached hydrogens (tertiary/aromatic N) is 1. The van der Waals surface area contributed by atoms with Gasteiger partial charge >= 0.3 is 6.03 Å². The number of halogens is 1. The standard InChI is InChI=1S/C17H26FN3O3S/c1-17(2,3)20-16(22)21-10-8-13(9-11-21)12-19-25(23,24)15-7-5-4-6-14(15)18/h4-7,13,19H,8-12H2,1-3H3,(H,20,22). The van der Waals surface area contributed by atoms with E-state index in [2.05, 4.69) is 10.0 Å². The molecule has 1 saturated heterocycles. The van der Waals surface area contributed by atoms with Gasteiger partial charge in [0.15, 0.2) is 0 Å². The summed E-state index contributed by atoms with van der Waals surface area (Å²) in [7, 11) is -3.86. The van der Waals surface area contributed by atoms with E-state index in [4.69, 9.17) is 0 Å². The monoisotopic (exact) mass is 371 g/mol. The summed E-state index contributed by atoms with van der Waals surface area (Å²) >= 11 is 0. The number of urea groups is 1. The summed E-state index contributed by atoms with van der Waals surface area (Å²) in [6.07, 6.45) is 1.41. The minimum absolute atomic E-state index is 0.0992. The van der Waals surface area contributed by atoms with E-state index in [0.29, 0.717) is 25.9 Å². The number of piperidine rings is 1. The van der Waals surface area contributed by atoms with Crippen LogP contribution in [-0.4, -0.2) is 44.5 Å². The number of amides is 2. The minimum Gasteiger partial charge on any atom is -0.333 e. The second kappa shape index (κ2) is 7.70. The third kappa shape index (κ3) is 5.67. The lowest BCUT2D eigenvalue weighted by Gasteiger charge is -2.34. The van der Waals surface area contributed by atoms with Crippen molar-refractivity contribution in [3.8, 4) is 0 Å². The normalized spacial score (nSPS) is 16.7. The summed E-state index contributed by atoms with van der Waals surface area (Å²) < 4.78 is 40.5. The SMILES string of the molecule is CC(C)(C)NC(=O)N1CCC(CNS(=O)(=O)c2ccccc2F)CC1. The lowest BCUT2D eigenvalue weighted by molar-refractivity contribution is 0.163. The highest BCUT2D eigenvalue weighted by atomic mass is 32.2. The van der Waals surface area contributed by atoms with E-state index in [1.165, 1.54) is 18.2 Å². The van der Waals surface area contributed by atoms with Crippen LogP contribution in [0.4, 0.5) is 9.18 Å². The fraction of sp³-hybridized carbons (Fsp3) is 0.588. The molecule has 140 valence electrons. The van der Waals surface area contributed by atoms with E-state index in [-0.39, 0.29) is 28.9 Å². The first-order valence-electron chi connectivity index (χ1n) is 8.40. The van der Waals surface area contributed by atoms with E-state index < -0.39 is 15.8 Å². The molecule has 1 aromatic rings. The summed E-state index contributed by atoms with van der Waals surface area (Å²) in [5.74, 6) is -0.635. The van der Waals surface area contributed by atoms with Crippen molar-refractivity contribution in [2.24, 2.45) is 5.92 Å². The van der Waals surface area contributed by atoms with Gasteiger partial charge in [-0.05, 0) is 51.7 Å². The predicted octanol–water partition coefficient (Wildman–Crippen LogP) is 2.32. The average Bonchev–Trinajstić information content (AvgIpc) is 2.52. The molecule has 8 heteroatoms. The molecule has 0 unspecified atom stereocenters. The van der Waals surface area contributed by atoms with Crippen molar-refractivity contribution in [3.05, 3.63) is 30.1 Å². The number of likely N-dealkylation sites (tertiary alicyclic amines) is 1. The second-order valence-electron chi connectivity index (χ2n) is 7.39. The smallest absolute Gasteiger partial charge is 0.317 e. The van der Waals surface area contributed by atoms with Crippen molar-refractivity contribution >= 4 is 16.1 Å². The van der Waals surface area contributed by atoms with Crippen molar-refractivity contribution < 1.29 is 17.6 Å². The second-order valence-corrected chi connectivity index (χ2v) is 9.13. The molecule has 0 saturated carbocycles. The van der Waals surface area contributed by atoms with E-state index in [1.807, 2.05) is 20.8 Å². The van der Waals surface area contributed by atoms with Gasteiger partial charge in [0.2, 0.25) is 10.0 Å². The first kappa shape index (κ1) is 19.7. The van der Waals surface area contributed by atoms with Crippen LogP contribution in [0, 0.1) is 11.7 Å². The number of sulfonamides is 1. The maximum Gasteiger partial charge on any atom is 0.317 e. The molecule has 1 aliphatic heterocycles. The van der Waals surface area contributed by atoms with Gasteiger partial charge in [0.05, 0.1) is 0 Å². The van der Waals surface area contributed by atoms with Crippen LogP contribution >= 0.6 is 0 Å². The third-order valence-corrected chi connectivity index (χ3v) is 5.53. The summed E-state index contributed by atoms with van der Waals surface area (Å²) in [6.45, 7) is 7.17. The molecule has 1 fully saturated rings. The molecule has 0 radical (unpaired) electrons. The number of nitrogens with one attached hydrogen (secondary N) is 2. The van der Waals surface area contributed by atoms with Crippen LogP contribution in [0.1, 0.15) is 33.6 Å². The average molecular weight is 371 g/mol. The Morgan fingerprint density at radius 1 is 1.24 bits per heavy atom. The highest BCUT2D eigenvalue weighted by molar-refractivity contribution is 7.89. The largest absolute Gasteiger partial charge is 0.333 e. The van der Waals surface area contributed by atoms with Crippen LogP contribution in [0.3, 0.4) is 0 Å². The van der Waals surface area contributed by atoms with E-state index >= 15 is 0 Å². The quantitative estimate of drug-likeness (QED) is 0.853. The number of rotatable bonds is 4. The van der Waals surface area contributed by atoms with E-state index in [1.54, 1.807) is 4.90 Å². The van der Waals surface area contributed by atoms with Crippen molar-refractivity contribution in [2.45, 2.75) is 44.0 Å². The van der Waals surface area contributed by atoms with Crippen LogP contribution in [0.5, 0.6) is 0 Å². The Hall–Kier alpha value is -1.67. The van der Waals surface area contributed by atoms with Crippen molar-refractivity contribution in [3.63, 3.8) is 0 Å². The minimum atomic E-state index is -3.86. The number of carbonyl (C=O) groups excluding carboxylic acids is 1. The Labute approximate surface area is 148 Å². The zero-order valence-electron chi connectivity index (χ0n) is 14.9. The molecule has 0 bridgehead atoms. The molecular weight excluding hydrogens is 345 g/mol. The molecule has 1 heterocycles. The zero-order chi connectivity index (χ0) is 18.7. The lowest BCUT2D eigenvalue weighted by Crippen LogP contribution is -2.51. The Bertz CT molecular complexity index is 708. The molecule has 0 atom stereocenters. The van der Waals surface area contributed by atoms with Gasteiger partial charge in [-0.2, -0.15) is 0 Å². The van der Waals surface area contributed by atoms with E-state index in [0.717, 1.165) is 6.07 Å². The maximum absolute atomic E-state index is 13.7. The maximum atomic E-state index is 13.7. The molecule has 2 rings (SSSR count). The molecule has 1 aliphatic rings. The fourth-order valence-corrected chi connectivity index (χ4v) is 3.90. The zero-order valence-corrected chi connectivity index (χ0v) is 15.7. The topological polar surface area (TPSA) is 78.5 Å². The molecule has 2 amide bonds. The van der Waals surface area contributed by atoms with Gasteiger partial charge in [-0.3, -0.25) is 0 Å². The van der Waals surface area contributed by atoms with Crippen molar-refractivity contribution in [1.82, 2.24) is 14.9 Å². The molecule has 1 aromatic carbocycles. The Morgan fingerprint density at radius 3 is 2.40 bits per heavy atom. The molecule has 0 spiro atoms. The molecule has 2 N–H and O–H groups in total. The van der Waals surface area contributed by atoms with Crippen LogP contribution in [-0.2, 0) is 10.0 Å². The van der Waals surface area contributed by atoms with Gasteiger partial charge in [0.1, 0.15) is 10.7 Å². The van der Waals surface area contributed by atoms with Crippen LogP contribution in [0.2, 0.25) is 0 Å². The lowest BCUT2D eigenvalue weighted by atomic mass is 9.97. The Balaban J connectivity index is 1.85. The highest BCUT2D eigenvalue weighted by Gasteiger charge is 2.26. The van der Waals surface area contributed by atoms with Gasteiger partial charge in [0, 0.05) is 25.2 Å². The molecule has 0 aliphatic carbocycles. The molecule has 6 nitrogen and oxygen atoms in total. The third-order valence-electron chi connectivity index (χ3n) is 4.07. The predicted molar refractivity (Wildman–Crippen MR) is 94.2 cm³/mol. The number of carbonyl (C=O) groups is 1. The van der Waals surface area contributed by atoms with Crippen LogP contribution in [0.25, 0.3) is 0 Å². The fourth-order valence-electron chi connectivity index (χ4n) is 2.71. The summed E-state index contributed by atoms with van der Waals surface area (Å²) in [4.78, 5) is 13.5. The van der Waals surface area contributed by atoms with Crippen molar-refractivity contribution in [1.29, 1.82) is 0 Å².